The zero-order valence-electron chi connectivity index (χ0n) is 15.9. The van der Waals surface area contributed by atoms with Crippen molar-refractivity contribution in [1.82, 2.24) is 4.31 Å². The van der Waals surface area contributed by atoms with E-state index in [-0.39, 0.29) is 17.0 Å². The molecular weight excluding hydrogens is 448 g/mol. The third-order valence-electron chi connectivity index (χ3n) is 4.16. The van der Waals surface area contributed by atoms with Crippen molar-refractivity contribution in [2.45, 2.75) is 18.7 Å². The molecule has 2 rings (SSSR count). The van der Waals surface area contributed by atoms with Crippen LogP contribution in [0.2, 0.25) is 0 Å². The Hall–Kier alpha value is -2.23. The second-order valence-electron chi connectivity index (χ2n) is 6.21. The van der Waals surface area contributed by atoms with Crippen molar-refractivity contribution in [2.24, 2.45) is 0 Å². The second kappa shape index (κ2) is 8.85. The topological polar surface area (TPSA) is 92.8 Å². The fourth-order valence-electron chi connectivity index (χ4n) is 2.59. The first-order valence-electron chi connectivity index (χ1n) is 8.28. The van der Waals surface area contributed by atoms with Crippen LogP contribution in [-0.2, 0) is 19.6 Å². The van der Waals surface area contributed by atoms with Crippen LogP contribution in [0.3, 0.4) is 0 Å². The number of esters is 1. The molecule has 1 N–H and O–H groups in total. The highest BCUT2D eigenvalue weighted by Crippen LogP contribution is 2.24. The first-order valence-corrected chi connectivity index (χ1v) is 10.5. The van der Waals surface area contributed by atoms with Gasteiger partial charge < -0.3 is 10.1 Å². The van der Waals surface area contributed by atoms with Crippen LogP contribution in [0.1, 0.15) is 21.5 Å². The van der Waals surface area contributed by atoms with Gasteiger partial charge in [-0.2, -0.15) is 4.31 Å². The van der Waals surface area contributed by atoms with E-state index in [9.17, 15) is 18.0 Å². The number of hydrogen-bond donors (Lipinski definition) is 1. The van der Waals surface area contributed by atoms with Gasteiger partial charge in [-0.25, -0.2) is 13.2 Å². The Kier molecular flexibility index (Phi) is 6.97. The number of halogens is 1. The van der Waals surface area contributed by atoms with E-state index in [1.807, 2.05) is 32.0 Å². The number of nitrogens with zero attached hydrogens (tertiary/aromatic N) is 1. The van der Waals surface area contributed by atoms with Gasteiger partial charge in [-0.05, 0) is 59.1 Å². The Bertz CT molecular complexity index is 1000. The molecule has 0 radical (unpaired) electrons. The molecule has 9 heteroatoms. The van der Waals surface area contributed by atoms with E-state index in [1.54, 1.807) is 0 Å². The summed E-state index contributed by atoms with van der Waals surface area (Å²) in [6.45, 7) is 3.35. The van der Waals surface area contributed by atoms with Crippen molar-refractivity contribution in [2.75, 3.05) is 26.0 Å². The third-order valence-corrected chi connectivity index (χ3v) is 6.65. The summed E-state index contributed by atoms with van der Waals surface area (Å²) in [5.41, 5.74) is 2.51. The standard InChI is InChI=1S/C19H21BrN2O5S/c1-12-6-5-7-13(2)18(12)21-17(23)11-22(3)28(25,26)14-8-9-16(20)15(10-14)19(24)27-4/h5-10H,11H2,1-4H3,(H,21,23). The Balaban J connectivity index is 2.22. The molecule has 2 aromatic carbocycles. The fourth-order valence-corrected chi connectivity index (χ4v) is 4.15. The molecule has 0 bridgehead atoms. The summed E-state index contributed by atoms with van der Waals surface area (Å²) in [5.74, 6) is -1.13. The maximum Gasteiger partial charge on any atom is 0.339 e. The number of benzene rings is 2. The molecule has 7 nitrogen and oxygen atoms in total. The van der Waals surface area contributed by atoms with Gasteiger partial charge >= 0.3 is 5.97 Å². The van der Waals surface area contributed by atoms with Crippen LogP contribution in [0.5, 0.6) is 0 Å². The van der Waals surface area contributed by atoms with Crippen molar-refractivity contribution in [3.8, 4) is 0 Å². The van der Waals surface area contributed by atoms with E-state index >= 15 is 0 Å². The lowest BCUT2D eigenvalue weighted by molar-refractivity contribution is -0.116. The number of nitrogens with one attached hydrogen (secondary N) is 1. The molecule has 0 spiro atoms. The van der Waals surface area contributed by atoms with Gasteiger partial charge in [-0.1, -0.05) is 18.2 Å². The molecule has 0 aliphatic carbocycles. The molecular formula is C19H21BrN2O5S. The Labute approximate surface area is 172 Å². The number of hydrogen-bond acceptors (Lipinski definition) is 5. The van der Waals surface area contributed by atoms with E-state index in [0.29, 0.717) is 10.2 Å². The lowest BCUT2D eigenvalue weighted by Gasteiger charge is -2.18. The van der Waals surface area contributed by atoms with Gasteiger partial charge in [0.25, 0.3) is 0 Å². The first kappa shape index (κ1) is 22.1. The predicted octanol–water partition coefficient (Wildman–Crippen LogP) is 3.11. The average Bonchev–Trinajstić information content (AvgIpc) is 2.64. The van der Waals surface area contributed by atoms with E-state index < -0.39 is 21.9 Å². The summed E-state index contributed by atoms with van der Waals surface area (Å²) in [4.78, 5) is 24.1. The van der Waals surface area contributed by atoms with Gasteiger partial charge in [0.05, 0.1) is 24.1 Å². The zero-order chi connectivity index (χ0) is 21.1. The van der Waals surface area contributed by atoms with E-state index in [0.717, 1.165) is 15.4 Å². The summed E-state index contributed by atoms with van der Waals surface area (Å²) in [6, 6.07) is 9.61. The van der Waals surface area contributed by atoms with Gasteiger partial charge in [0.1, 0.15) is 0 Å². The molecule has 2 aromatic rings. The van der Waals surface area contributed by atoms with Crippen molar-refractivity contribution in [1.29, 1.82) is 0 Å². The molecule has 0 aliphatic heterocycles. The molecule has 28 heavy (non-hydrogen) atoms. The molecule has 150 valence electrons. The fraction of sp³-hybridized carbons (Fsp3) is 0.263. The highest BCUT2D eigenvalue weighted by atomic mass is 79.9. The third kappa shape index (κ3) is 4.78. The molecule has 0 heterocycles. The number of carbonyl (C=O) groups is 2. The van der Waals surface area contributed by atoms with Gasteiger partial charge in [-0.3, -0.25) is 4.79 Å². The Morgan fingerprint density at radius 3 is 2.32 bits per heavy atom. The van der Waals surface area contributed by atoms with Crippen LogP contribution >= 0.6 is 15.9 Å². The van der Waals surface area contributed by atoms with Crippen LogP contribution in [0.25, 0.3) is 0 Å². The van der Waals surface area contributed by atoms with Crippen LogP contribution in [0.15, 0.2) is 45.8 Å². The van der Waals surface area contributed by atoms with Crippen LogP contribution in [-0.4, -0.2) is 45.3 Å². The maximum absolute atomic E-state index is 12.8. The number of aryl methyl sites for hydroxylation is 2. The van der Waals surface area contributed by atoms with Crippen molar-refractivity contribution >= 4 is 43.5 Å². The molecule has 0 fully saturated rings. The summed E-state index contributed by atoms with van der Waals surface area (Å²) in [6.07, 6.45) is 0. The average molecular weight is 469 g/mol. The van der Waals surface area contributed by atoms with Gasteiger partial charge in [0.15, 0.2) is 0 Å². The quantitative estimate of drug-likeness (QED) is 0.657. The van der Waals surface area contributed by atoms with Crippen LogP contribution < -0.4 is 5.32 Å². The van der Waals surface area contributed by atoms with Crippen molar-refractivity contribution < 1.29 is 22.7 Å². The lowest BCUT2D eigenvalue weighted by atomic mass is 10.1. The lowest BCUT2D eigenvalue weighted by Crippen LogP contribution is -2.35. The molecule has 0 saturated heterocycles. The minimum Gasteiger partial charge on any atom is -0.465 e. The predicted molar refractivity (Wildman–Crippen MR) is 110 cm³/mol. The van der Waals surface area contributed by atoms with E-state index in [2.05, 4.69) is 26.0 Å². The number of methoxy groups -OCH3 is 1. The summed E-state index contributed by atoms with van der Waals surface area (Å²) < 4.78 is 31.6. The number of carbonyl (C=O) groups excluding carboxylic acids is 2. The molecule has 1 amide bonds. The number of amides is 1. The minimum atomic E-state index is -3.98. The number of para-hydroxylation sites is 1. The van der Waals surface area contributed by atoms with Crippen molar-refractivity contribution in [3.63, 3.8) is 0 Å². The molecule has 0 aromatic heterocycles. The highest BCUT2D eigenvalue weighted by Gasteiger charge is 2.25. The Morgan fingerprint density at radius 1 is 1.14 bits per heavy atom. The number of rotatable bonds is 6. The van der Waals surface area contributed by atoms with Crippen LogP contribution in [0, 0.1) is 13.8 Å². The monoisotopic (exact) mass is 468 g/mol. The number of ether oxygens (including phenoxy) is 1. The highest BCUT2D eigenvalue weighted by molar-refractivity contribution is 9.10. The number of sulfonamides is 1. The normalized spacial score (nSPS) is 11.4. The number of anilines is 1. The largest absolute Gasteiger partial charge is 0.465 e. The smallest absolute Gasteiger partial charge is 0.339 e. The first-order chi connectivity index (χ1) is 13.1. The summed E-state index contributed by atoms with van der Waals surface area (Å²) >= 11 is 3.19. The molecule has 0 unspecified atom stereocenters. The van der Waals surface area contributed by atoms with Gasteiger partial charge in [0.2, 0.25) is 15.9 Å². The Morgan fingerprint density at radius 2 is 1.75 bits per heavy atom. The summed E-state index contributed by atoms with van der Waals surface area (Å²) in [5, 5.41) is 2.75. The van der Waals surface area contributed by atoms with Gasteiger partial charge in [0, 0.05) is 17.2 Å². The molecule has 0 aliphatic rings. The zero-order valence-corrected chi connectivity index (χ0v) is 18.3. The minimum absolute atomic E-state index is 0.0805. The van der Waals surface area contributed by atoms with Gasteiger partial charge in [-0.15, -0.1) is 0 Å². The molecule has 0 atom stereocenters. The summed E-state index contributed by atoms with van der Waals surface area (Å²) in [7, 11) is -1.47. The van der Waals surface area contributed by atoms with Crippen molar-refractivity contribution in [3.05, 3.63) is 57.6 Å². The van der Waals surface area contributed by atoms with E-state index in [4.69, 9.17) is 0 Å². The number of likely N-dealkylation sites (N-methyl/N-ethyl adjacent to an activating group) is 1. The molecule has 0 saturated carbocycles. The second-order valence-corrected chi connectivity index (χ2v) is 9.11. The van der Waals surface area contributed by atoms with E-state index in [1.165, 1.54) is 32.4 Å². The maximum atomic E-state index is 12.8. The SMILES string of the molecule is COC(=O)c1cc(S(=O)(=O)N(C)CC(=O)Nc2c(C)cccc2C)ccc1Br. The van der Waals surface area contributed by atoms with Crippen LogP contribution in [0.4, 0.5) is 5.69 Å².